The maximum absolute atomic E-state index is 13.3. The van der Waals surface area contributed by atoms with Crippen molar-refractivity contribution in [3.8, 4) is 28.4 Å². The predicted octanol–water partition coefficient (Wildman–Crippen LogP) is -1.52. The van der Waals surface area contributed by atoms with Crippen LogP contribution in [0.15, 0.2) is 51.9 Å². The Labute approximate surface area is 249 Å². The van der Waals surface area contributed by atoms with Crippen LogP contribution < -0.4 is 19.6 Å². The number of benzene rings is 2. The Balaban J connectivity index is 1.37. The Hall–Kier alpha value is -3.35. The fraction of sp³-hybridized carbons (Fsp3) is 0.483. The molecule has 10 atom stereocenters. The zero-order valence-corrected chi connectivity index (χ0v) is 23.6. The average molecular weight is 623 g/mol. The number of methoxy groups -OCH3 is 2. The van der Waals surface area contributed by atoms with Gasteiger partial charge in [-0.05, 0) is 29.8 Å². The molecule has 0 amide bonds. The Morgan fingerprint density at radius 2 is 1.43 bits per heavy atom. The highest BCUT2D eigenvalue weighted by atomic mass is 16.7. The summed E-state index contributed by atoms with van der Waals surface area (Å²) in [5, 5.41) is 71.6. The summed E-state index contributed by atoms with van der Waals surface area (Å²) < 4.78 is 38.5. The predicted molar refractivity (Wildman–Crippen MR) is 148 cm³/mol. The lowest BCUT2D eigenvalue weighted by molar-refractivity contribution is -0.352. The number of rotatable bonds is 9. The van der Waals surface area contributed by atoms with Gasteiger partial charge in [0.05, 0.1) is 38.4 Å². The van der Waals surface area contributed by atoms with Crippen molar-refractivity contribution >= 4 is 11.0 Å². The van der Waals surface area contributed by atoms with Crippen molar-refractivity contribution in [3.05, 3.63) is 52.9 Å². The molecule has 44 heavy (non-hydrogen) atoms. The fourth-order valence-electron chi connectivity index (χ4n) is 5.17. The second-order valence-electron chi connectivity index (χ2n) is 10.3. The van der Waals surface area contributed by atoms with Gasteiger partial charge in [-0.1, -0.05) is 6.07 Å². The molecule has 1 aromatic heterocycles. The fourth-order valence-corrected chi connectivity index (χ4v) is 5.17. The number of hydrogen-bond acceptors (Lipinski definition) is 15. The standard InChI is InChI=1S/C29H34O15/c1-38-16-6-3-12(7-18(16)39-2)15-11-40-17-8-13(4-5-14(17)21(15)32)41-29-26(37)27(23(34)20(10-31)43-29)44-28-25(36)24(35)22(33)19(9-30)42-28/h3-8,11,19-20,22-31,33-37H,9-10H2,1-2H3/t19-,20-,22+,23+,24-,25+,26+,27-,28-,29+/m0/s1. The van der Waals surface area contributed by atoms with Gasteiger partial charge in [-0.25, -0.2) is 0 Å². The van der Waals surface area contributed by atoms with E-state index in [1.165, 1.54) is 38.7 Å². The topological polar surface area (TPSA) is 227 Å². The van der Waals surface area contributed by atoms with E-state index in [1.807, 2.05) is 0 Å². The second-order valence-corrected chi connectivity index (χ2v) is 10.3. The zero-order valence-electron chi connectivity index (χ0n) is 23.6. The van der Waals surface area contributed by atoms with Gasteiger partial charge in [-0.15, -0.1) is 0 Å². The first kappa shape index (κ1) is 32.1. The Morgan fingerprint density at radius 3 is 2.11 bits per heavy atom. The molecule has 0 unspecified atom stereocenters. The molecule has 2 aliphatic rings. The summed E-state index contributed by atoms with van der Waals surface area (Å²) in [6.45, 7) is -1.43. The van der Waals surface area contributed by atoms with Gasteiger partial charge in [0.1, 0.15) is 66.4 Å². The third-order valence-electron chi connectivity index (χ3n) is 7.65. The SMILES string of the molecule is COc1ccc(-c2coc3cc(O[C@@H]4O[C@@H](CO)[C@@H](O)[C@H](O[C@@H]5O[C@@H](CO)[C@@H](O)[C@H](O)[C@H]5O)[C@H]4O)ccc3c2=O)cc1OC. The van der Waals surface area contributed by atoms with E-state index < -0.39 is 74.6 Å². The lowest BCUT2D eigenvalue weighted by atomic mass is 9.97. The summed E-state index contributed by atoms with van der Waals surface area (Å²) in [5.41, 5.74) is 0.618. The van der Waals surface area contributed by atoms with Gasteiger partial charge < -0.3 is 68.6 Å². The smallest absolute Gasteiger partial charge is 0.229 e. The van der Waals surface area contributed by atoms with E-state index in [-0.39, 0.29) is 27.7 Å². The van der Waals surface area contributed by atoms with E-state index in [9.17, 15) is 40.5 Å². The normalized spacial score (nSPS) is 32.4. The molecule has 240 valence electrons. The Kier molecular flexibility index (Phi) is 9.71. The van der Waals surface area contributed by atoms with Crippen LogP contribution in [0, 0.1) is 0 Å². The van der Waals surface area contributed by atoms with E-state index in [0.717, 1.165) is 0 Å². The molecule has 3 heterocycles. The molecule has 2 aromatic carbocycles. The van der Waals surface area contributed by atoms with Crippen LogP contribution in [-0.2, 0) is 14.2 Å². The van der Waals surface area contributed by atoms with Crippen molar-refractivity contribution in [2.24, 2.45) is 0 Å². The van der Waals surface area contributed by atoms with Crippen LogP contribution in [-0.4, -0.2) is 125 Å². The molecule has 0 saturated carbocycles. The maximum atomic E-state index is 13.3. The summed E-state index contributed by atoms with van der Waals surface area (Å²) >= 11 is 0. The Morgan fingerprint density at radius 1 is 0.750 bits per heavy atom. The van der Waals surface area contributed by atoms with Crippen molar-refractivity contribution in [1.29, 1.82) is 0 Å². The molecule has 2 fully saturated rings. The third kappa shape index (κ3) is 5.99. The summed E-state index contributed by atoms with van der Waals surface area (Å²) in [7, 11) is 2.98. The quantitative estimate of drug-likeness (QED) is 0.144. The molecule has 5 rings (SSSR count). The number of fused-ring (bicyclic) bond motifs is 1. The van der Waals surface area contributed by atoms with Gasteiger partial charge in [0.25, 0.3) is 0 Å². The molecule has 3 aromatic rings. The van der Waals surface area contributed by atoms with Crippen LogP contribution in [0.1, 0.15) is 0 Å². The highest BCUT2D eigenvalue weighted by Gasteiger charge is 2.51. The summed E-state index contributed by atoms with van der Waals surface area (Å²) in [6.07, 6.45) is -14.8. The van der Waals surface area contributed by atoms with Crippen LogP contribution in [0.4, 0.5) is 0 Å². The van der Waals surface area contributed by atoms with E-state index in [4.69, 9.17) is 32.8 Å². The van der Waals surface area contributed by atoms with Crippen molar-refractivity contribution < 1.29 is 68.6 Å². The van der Waals surface area contributed by atoms with Crippen molar-refractivity contribution in [3.63, 3.8) is 0 Å². The lowest BCUT2D eigenvalue weighted by Crippen LogP contribution is -2.65. The molecule has 0 bridgehead atoms. The molecule has 15 heteroatoms. The highest BCUT2D eigenvalue weighted by molar-refractivity contribution is 5.83. The first-order chi connectivity index (χ1) is 21.1. The van der Waals surface area contributed by atoms with Gasteiger partial charge >= 0.3 is 0 Å². The monoisotopic (exact) mass is 622 g/mol. The first-order valence-electron chi connectivity index (χ1n) is 13.6. The zero-order chi connectivity index (χ0) is 31.7. The summed E-state index contributed by atoms with van der Waals surface area (Å²) in [6, 6.07) is 9.27. The minimum atomic E-state index is -1.81. The molecule has 0 aliphatic carbocycles. The van der Waals surface area contributed by atoms with Crippen LogP contribution in [0.25, 0.3) is 22.1 Å². The number of ether oxygens (including phenoxy) is 6. The minimum absolute atomic E-state index is 0.0863. The molecule has 2 saturated heterocycles. The molecule has 15 nitrogen and oxygen atoms in total. The van der Waals surface area contributed by atoms with Crippen LogP contribution in [0.5, 0.6) is 17.2 Å². The number of hydrogen-bond donors (Lipinski definition) is 7. The second kappa shape index (κ2) is 13.3. The van der Waals surface area contributed by atoms with Crippen molar-refractivity contribution in [2.75, 3.05) is 27.4 Å². The molecular weight excluding hydrogens is 588 g/mol. The third-order valence-corrected chi connectivity index (χ3v) is 7.65. The van der Waals surface area contributed by atoms with Crippen LogP contribution in [0.3, 0.4) is 0 Å². The number of aliphatic hydroxyl groups excluding tert-OH is 7. The van der Waals surface area contributed by atoms with Gasteiger partial charge in [-0.2, -0.15) is 0 Å². The number of aliphatic hydroxyl groups is 7. The Bertz CT molecular complexity index is 1490. The van der Waals surface area contributed by atoms with Gasteiger partial charge in [0.15, 0.2) is 23.2 Å². The summed E-state index contributed by atoms with van der Waals surface area (Å²) in [5.74, 6) is 1.01. The summed E-state index contributed by atoms with van der Waals surface area (Å²) in [4.78, 5) is 13.3. The van der Waals surface area contributed by atoms with E-state index in [0.29, 0.717) is 17.1 Å². The molecule has 0 spiro atoms. The molecule has 0 radical (unpaired) electrons. The van der Waals surface area contributed by atoms with Crippen molar-refractivity contribution in [1.82, 2.24) is 0 Å². The molecular formula is C29H34O15. The maximum Gasteiger partial charge on any atom is 0.229 e. The first-order valence-corrected chi connectivity index (χ1v) is 13.6. The highest BCUT2D eigenvalue weighted by Crippen LogP contribution is 2.33. The molecule has 2 aliphatic heterocycles. The average Bonchev–Trinajstić information content (AvgIpc) is 3.04. The van der Waals surface area contributed by atoms with Crippen molar-refractivity contribution in [2.45, 2.75) is 61.4 Å². The van der Waals surface area contributed by atoms with Gasteiger partial charge in [0.2, 0.25) is 6.29 Å². The van der Waals surface area contributed by atoms with E-state index in [1.54, 1.807) is 18.2 Å². The van der Waals surface area contributed by atoms with Gasteiger partial charge in [-0.3, -0.25) is 4.79 Å². The van der Waals surface area contributed by atoms with Crippen LogP contribution in [0.2, 0.25) is 0 Å². The van der Waals surface area contributed by atoms with E-state index in [2.05, 4.69) is 0 Å². The lowest BCUT2D eigenvalue weighted by Gasteiger charge is -2.45. The van der Waals surface area contributed by atoms with E-state index >= 15 is 0 Å². The molecule has 7 N–H and O–H groups in total. The minimum Gasteiger partial charge on any atom is -0.493 e. The van der Waals surface area contributed by atoms with Gasteiger partial charge in [0, 0.05) is 6.07 Å². The largest absolute Gasteiger partial charge is 0.493 e. The van der Waals surface area contributed by atoms with Crippen LogP contribution >= 0.6 is 0 Å².